The van der Waals surface area contributed by atoms with Gasteiger partial charge in [-0.15, -0.1) is 4.36 Å². The molecule has 0 radical (unpaired) electrons. The maximum atomic E-state index is 12.7. The molecule has 110 valence electrons. The Morgan fingerprint density at radius 3 is 2.60 bits per heavy atom. The second-order valence-corrected chi connectivity index (χ2v) is 6.93. The van der Waals surface area contributed by atoms with Gasteiger partial charge in [-0.25, -0.2) is 9.00 Å². The number of rotatable bonds is 4. The number of carbonyl (C=O) groups excluding carboxylic acids is 1. The van der Waals surface area contributed by atoms with Crippen molar-refractivity contribution < 1.29 is 18.7 Å². The van der Waals surface area contributed by atoms with E-state index in [-0.39, 0.29) is 27.4 Å². The minimum atomic E-state index is -3.02. The van der Waals surface area contributed by atoms with Gasteiger partial charge in [0.1, 0.15) is 0 Å². The normalized spacial score (nSPS) is 13.3. The molecule has 0 heterocycles. The zero-order valence-corrected chi connectivity index (χ0v) is 13.3. The third-order valence-electron chi connectivity index (χ3n) is 2.35. The molecule has 0 saturated carbocycles. The Labute approximate surface area is 124 Å². The maximum absolute atomic E-state index is 12.7. The van der Waals surface area contributed by atoms with Crippen LogP contribution in [0.4, 0.5) is 10.5 Å². The molecule has 20 heavy (non-hydrogen) atoms. The molecule has 0 bridgehead atoms. The second-order valence-electron chi connectivity index (χ2n) is 3.59. The van der Waals surface area contributed by atoms with Gasteiger partial charge >= 0.3 is 6.09 Å². The number of halogens is 1. The summed E-state index contributed by atoms with van der Waals surface area (Å²) in [6.45, 7) is 3.35. The van der Waals surface area contributed by atoms with Crippen molar-refractivity contribution >= 4 is 37.4 Å². The average Bonchev–Trinajstić information content (AvgIpc) is 2.38. The molecule has 1 aromatic carbocycles. The fourth-order valence-electron chi connectivity index (χ4n) is 1.40. The van der Waals surface area contributed by atoms with E-state index in [9.17, 15) is 19.1 Å². The van der Waals surface area contributed by atoms with E-state index in [1.54, 1.807) is 13.8 Å². The van der Waals surface area contributed by atoms with Gasteiger partial charge in [-0.05, 0) is 28.9 Å². The summed E-state index contributed by atoms with van der Waals surface area (Å²) in [6, 6.07) is 3.78. The molecule has 0 aliphatic rings. The molecule has 0 saturated heterocycles. The van der Waals surface area contributed by atoms with E-state index >= 15 is 0 Å². The van der Waals surface area contributed by atoms with E-state index in [4.69, 9.17) is 0 Å². The molecular formula is C11H13BrN2O5S. The van der Waals surface area contributed by atoms with Gasteiger partial charge in [-0.3, -0.25) is 10.1 Å². The van der Waals surface area contributed by atoms with Gasteiger partial charge < -0.3 is 4.74 Å². The lowest BCUT2D eigenvalue weighted by Gasteiger charge is -2.09. The highest BCUT2D eigenvalue weighted by Crippen LogP contribution is 2.28. The Bertz CT molecular complexity index is 652. The van der Waals surface area contributed by atoms with Crippen molar-refractivity contribution in [3.63, 3.8) is 0 Å². The molecule has 0 aliphatic heterocycles. The fourth-order valence-corrected chi connectivity index (χ4v) is 4.00. The number of nitro benzene ring substituents is 1. The lowest BCUT2D eigenvalue weighted by atomic mass is 10.3. The van der Waals surface area contributed by atoms with Crippen LogP contribution in [0, 0.1) is 10.1 Å². The topological polar surface area (TPSA) is 98.9 Å². The van der Waals surface area contributed by atoms with Gasteiger partial charge in [0.25, 0.3) is 5.69 Å². The van der Waals surface area contributed by atoms with Crippen molar-refractivity contribution in [1.29, 1.82) is 0 Å². The first-order valence-electron chi connectivity index (χ1n) is 5.69. The molecule has 1 atom stereocenters. The number of ether oxygens (including phenoxy) is 1. The largest absolute Gasteiger partial charge is 0.448 e. The first-order valence-corrected chi connectivity index (χ1v) is 8.17. The summed E-state index contributed by atoms with van der Waals surface area (Å²) >= 11 is 3.13. The SMILES string of the molecule is CCOC(=O)N=S(=O)(CC)c1ccc([N+](=O)[O-])cc1Br. The number of carbonyl (C=O) groups is 1. The Hall–Kier alpha value is -1.48. The Morgan fingerprint density at radius 2 is 2.15 bits per heavy atom. The second kappa shape index (κ2) is 6.80. The summed E-state index contributed by atoms with van der Waals surface area (Å²) in [4.78, 5) is 21.7. The monoisotopic (exact) mass is 364 g/mol. The third kappa shape index (κ3) is 3.76. The number of benzene rings is 1. The summed E-state index contributed by atoms with van der Waals surface area (Å²) in [6.07, 6.45) is -0.912. The maximum Gasteiger partial charge on any atom is 0.442 e. The van der Waals surface area contributed by atoms with Gasteiger partial charge in [0, 0.05) is 22.4 Å². The summed E-state index contributed by atoms with van der Waals surface area (Å²) in [5.41, 5.74) is -0.144. The van der Waals surface area contributed by atoms with Crippen LogP contribution in [0.25, 0.3) is 0 Å². The number of non-ortho nitro benzene ring substituents is 1. The van der Waals surface area contributed by atoms with E-state index in [0.717, 1.165) is 0 Å². The molecular weight excluding hydrogens is 352 g/mol. The quantitative estimate of drug-likeness (QED) is 0.602. The van der Waals surface area contributed by atoms with Crippen molar-refractivity contribution in [2.24, 2.45) is 4.36 Å². The minimum absolute atomic E-state index is 0.0855. The van der Waals surface area contributed by atoms with E-state index in [1.807, 2.05) is 0 Å². The van der Waals surface area contributed by atoms with Crippen LogP contribution in [0.3, 0.4) is 0 Å². The predicted octanol–water partition coefficient (Wildman–Crippen LogP) is 3.36. The van der Waals surface area contributed by atoms with Crippen LogP contribution in [0.2, 0.25) is 0 Å². The van der Waals surface area contributed by atoms with E-state index in [1.165, 1.54) is 18.2 Å². The highest BCUT2D eigenvalue weighted by molar-refractivity contribution is 9.10. The van der Waals surface area contributed by atoms with Crippen LogP contribution in [0.15, 0.2) is 31.9 Å². The molecule has 1 unspecified atom stereocenters. The van der Waals surface area contributed by atoms with Crippen LogP contribution < -0.4 is 0 Å². The van der Waals surface area contributed by atoms with Crippen LogP contribution in [0.1, 0.15) is 13.8 Å². The molecule has 0 fully saturated rings. The molecule has 1 aromatic rings. The van der Waals surface area contributed by atoms with Crippen LogP contribution in [-0.4, -0.2) is 27.6 Å². The van der Waals surface area contributed by atoms with E-state index in [2.05, 4.69) is 25.0 Å². The number of nitro groups is 1. The number of nitrogens with zero attached hydrogens (tertiary/aromatic N) is 2. The summed E-state index contributed by atoms with van der Waals surface area (Å²) in [7, 11) is -3.02. The molecule has 1 amide bonds. The number of amides is 1. The number of hydrogen-bond donors (Lipinski definition) is 0. The fraction of sp³-hybridized carbons (Fsp3) is 0.364. The van der Waals surface area contributed by atoms with Crippen molar-refractivity contribution in [1.82, 2.24) is 0 Å². The van der Waals surface area contributed by atoms with Gasteiger partial charge in [0.05, 0.1) is 26.2 Å². The predicted molar refractivity (Wildman–Crippen MR) is 77.2 cm³/mol. The zero-order chi connectivity index (χ0) is 15.3. The smallest absolute Gasteiger partial charge is 0.442 e. The third-order valence-corrected chi connectivity index (χ3v) is 5.54. The molecule has 0 aromatic heterocycles. The van der Waals surface area contributed by atoms with Crippen molar-refractivity contribution in [3.05, 3.63) is 32.8 Å². The van der Waals surface area contributed by atoms with Crippen LogP contribution in [-0.2, 0) is 14.5 Å². The molecule has 7 nitrogen and oxygen atoms in total. The van der Waals surface area contributed by atoms with Gasteiger partial charge in [-0.2, -0.15) is 0 Å². The lowest BCUT2D eigenvalue weighted by Crippen LogP contribution is -2.10. The molecule has 1 rings (SSSR count). The van der Waals surface area contributed by atoms with Crippen LogP contribution >= 0.6 is 15.9 Å². The van der Waals surface area contributed by atoms with Crippen LogP contribution in [0.5, 0.6) is 0 Å². The average molecular weight is 365 g/mol. The molecule has 9 heteroatoms. The molecule has 0 spiro atoms. The minimum Gasteiger partial charge on any atom is -0.448 e. The van der Waals surface area contributed by atoms with Gasteiger partial charge in [0.2, 0.25) is 0 Å². The standard InChI is InChI=1S/C11H13BrN2O5S/c1-3-19-11(15)13-20(18,4-2)10-6-5-8(14(16)17)7-9(10)12/h5-7H,3-4H2,1-2H3. The van der Waals surface area contributed by atoms with E-state index < -0.39 is 20.7 Å². The van der Waals surface area contributed by atoms with Crippen molar-refractivity contribution in [3.8, 4) is 0 Å². The van der Waals surface area contributed by atoms with E-state index in [0.29, 0.717) is 0 Å². The highest BCUT2D eigenvalue weighted by atomic mass is 79.9. The summed E-state index contributed by atoms with van der Waals surface area (Å²) in [5, 5.41) is 10.7. The van der Waals surface area contributed by atoms with Gasteiger partial charge in [-0.1, -0.05) is 6.92 Å². The van der Waals surface area contributed by atoms with Crippen molar-refractivity contribution in [2.45, 2.75) is 18.7 Å². The first kappa shape index (κ1) is 16.6. The molecule has 0 N–H and O–H groups in total. The summed E-state index contributed by atoms with van der Waals surface area (Å²) < 4.78 is 21.2. The van der Waals surface area contributed by atoms with Crippen molar-refractivity contribution in [2.75, 3.05) is 12.4 Å². The summed E-state index contributed by atoms with van der Waals surface area (Å²) in [5.74, 6) is 0.0855. The highest BCUT2D eigenvalue weighted by Gasteiger charge is 2.19. The molecule has 0 aliphatic carbocycles. The number of hydrogen-bond acceptors (Lipinski definition) is 5. The Kier molecular flexibility index (Phi) is 5.63. The first-order chi connectivity index (χ1) is 9.34. The zero-order valence-electron chi connectivity index (χ0n) is 10.9. The van der Waals surface area contributed by atoms with Gasteiger partial charge in [0.15, 0.2) is 0 Å². The Morgan fingerprint density at radius 1 is 1.50 bits per heavy atom. The Balaban J connectivity index is 3.36. The lowest BCUT2D eigenvalue weighted by molar-refractivity contribution is -0.385.